The lowest BCUT2D eigenvalue weighted by Gasteiger charge is -2.19. The van der Waals surface area contributed by atoms with Gasteiger partial charge < -0.3 is 4.74 Å². The molecule has 0 aromatic heterocycles. The topological polar surface area (TPSA) is 26.3 Å². The Morgan fingerprint density at radius 1 is 0.733 bits per heavy atom. The number of ether oxygens (including phenoxy) is 1. The van der Waals surface area contributed by atoms with Gasteiger partial charge in [-0.2, -0.15) is 22.0 Å². The number of esters is 1. The van der Waals surface area contributed by atoms with E-state index in [1.165, 1.54) is 12.1 Å². The molecule has 0 N–H and O–H groups in total. The van der Waals surface area contributed by atoms with E-state index in [2.05, 4.69) is 4.74 Å². The van der Waals surface area contributed by atoms with Crippen molar-refractivity contribution in [1.29, 1.82) is 0 Å². The molecular formula is C22H16F5O2S+. The highest BCUT2D eigenvalue weighted by Crippen LogP contribution is 2.36. The molecular weight excluding hydrogens is 423 g/mol. The van der Waals surface area contributed by atoms with E-state index in [0.29, 0.717) is 4.90 Å². The van der Waals surface area contributed by atoms with Crippen LogP contribution in [0.5, 0.6) is 0 Å². The second-order valence-corrected chi connectivity index (χ2v) is 8.20. The molecule has 0 aliphatic rings. The van der Waals surface area contributed by atoms with Gasteiger partial charge in [-0.05, 0) is 36.4 Å². The summed E-state index contributed by atoms with van der Waals surface area (Å²) in [4.78, 5) is 14.7. The molecule has 3 aromatic carbocycles. The summed E-state index contributed by atoms with van der Waals surface area (Å²) in [6, 6.07) is 24.5. The van der Waals surface area contributed by atoms with Crippen molar-refractivity contribution in [2.75, 3.05) is 6.61 Å². The van der Waals surface area contributed by atoms with Crippen LogP contribution in [0.15, 0.2) is 99.6 Å². The number of carbonyl (C=O) groups excluding carboxylic acids is 1. The minimum Gasteiger partial charge on any atom is -0.455 e. The molecule has 2 nitrogen and oxygen atoms in total. The highest BCUT2D eigenvalue weighted by Gasteiger charge is 2.58. The Bertz CT molecular complexity index is 952. The molecule has 0 aliphatic carbocycles. The number of carbonyl (C=O) groups is 1. The SMILES string of the molecule is O=C(OCC(F)(F)C(F)(F)F)c1ccccc1[S+](c1ccccc1)c1ccccc1. The van der Waals surface area contributed by atoms with E-state index in [1.54, 1.807) is 12.1 Å². The van der Waals surface area contributed by atoms with Crippen molar-refractivity contribution in [2.24, 2.45) is 0 Å². The third-order valence-electron chi connectivity index (χ3n) is 4.08. The lowest BCUT2D eigenvalue weighted by molar-refractivity contribution is -0.292. The second kappa shape index (κ2) is 8.87. The van der Waals surface area contributed by atoms with E-state index in [-0.39, 0.29) is 5.56 Å². The number of hydrogen-bond acceptors (Lipinski definition) is 2. The molecule has 0 saturated carbocycles. The van der Waals surface area contributed by atoms with Crippen LogP contribution in [0.25, 0.3) is 0 Å². The van der Waals surface area contributed by atoms with E-state index >= 15 is 0 Å². The van der Waals surface area contributed by atoms with Crippen molar-refractivity contribution >= 4 is 16.9 Å². The van der Waals surface area contributed by atoms with Gasteiger partial charge in [0.2, 0.25) is 0 Å². The predicted octanol–water partition coefficient (Wildman–Crippen LogP) is 6.14. The Labute approximate surface area is 172 Å². The minimum absolute atomic E-state index is 0.0634. The number of benzene rings is 3. The zero-order valence-electron chi connectivity index (χ0n) is 15.4. The van der Waals surface area contributed by atoms with Gasteiger partial charge in [-0.1, -0.05) is 48.5 Å². The average molecular weight is 439 g/mol. The first-order chi connectivity index (χ1) is 14.2. The van der Waals surface area contributed by atoms with Gasteiger partial charge in [0.1, 0.15) is 16.5 Å². The van der Waals surface area contributed by atoms with Crippen LogP contribution in [-0.2, 0) is 15.6 Å². The van der Waals surface area contributed by atoms with Crippen LogP contribution in [0.3, 0.4) is 0 Å². The Morgan fingerprint density at radius 3 is 1.70 bits per heavy atom. The number of alkyl halides is 5. The summed E-state index contributed by atoms with van der Waals surface area (Å²) in [5, 5.41) is 0. The zero-order valence-corrected chi connectivity index (χ0v) is 16.2. The standard InChI is InChI=1S/C22H16F5O2S/c23-21(24,22(25,26)27)15-29-20(28)18-13-7-8-14-19(18)30(16-9-3-1-4-10-16)17-11-5-2-6-12-17/h1-14H,15H2/q+1. The molecule has 30 heavy (non-hydrogen) atoms. The largest absolute Gasteiger partial charge is 0.456 e. The quantitative estimate of drug-likeness (QED) is 0.262. The second-order valence-electron chi connectivity index (χ2n) is 6.21. The van der Waals surface area contributed by atoms with Crippen molar-refractivity contribution < 1.29 is 31.5 Å². The molecule has 0 aliphatic heterocycles. The predicted molar refractivity (Wildman–Crippen MR) is 103 cm³/mol. The van der Waals surface area contributed by atoms with Crippen LogP contribution in [0.1, 0.15) is 10.4 Å². The van der Waals surface area contributed by atoms with Crippen LogP contribution >= 0.6 is 0 Å². The first kappa shape index (κ1) is 21.8. The van der Waals surface area contributed by atoms with E-state index in [9.17, 15) is 26.7 Å². The summed E-state index contributed by atoms with van der Waals surface area (Å²) in [6.07, 6.45) is -5.80. The molecule has 0 unspecified atom stereocenters. The van der Waals surface area contributed by atoms with Crippen LogP contribution in [0.4, 0.5) is 22.0 Å². The van der Waals surface area contributed by atoms with Crippen LogP contribution < -0.4 is 0 Å². The highest BCUT2D eigenvalue weighted by atomic mass is 32.2. The maximum atomic E-state index is 13.2. The minimum atomic E-state index is -5.80. The summed E-state index contributed by atoms with van der Waals surface area (Å²) >= 11 is 0. The maximum absolute atomic E-state index is 13.2. The highest BCUT2D eigenvalue weighted by molar-refractivity contribution is 7.97. The number of rotatable bonds is 6. The monoisotopic (exact) mass is 439 g/mol. The molecule has 0 fully saturated rings. The molecule has 0 saturated heterocycles. The molecule has 156 valence electrons. The molecule has 0 spiro atoms. The summed E-state index contributed by atoms with van der Waals surface area (Å²) in [7, 11) is -0.799. The molecule has 8 heteroatoms. The van der Waals surface area contributed by atoms with Gasteiger partial charge >= 0.3 is 18.1 Å². The summed E-state index contributed by atoms with van der Waals surface area (Å²) in [5.74, 6) is -6.36. The number of halogens is 5. The lowest BCUT2D eigenvalue weighted by atomic mass is 10.2. The van der Waals surface area contributed by atoms with Crippen LogP contribution in [-0.4, -0.2) is 24.7 Å². The van der Waals surface area contributed by atoms with E-state index < -0.39 is 35.6 Å². The molecule has 0 heterocycles. The molecule has 0 radical (unpaired) electrons. The molecule has 3 rings (SSSR count). The summed E-state index contributed by atoms with van der Waals surface area (Å²) in [5.41, 5.74) is -0.0634. The smallest absolute Gasteiger partial charge is 0.455 e. The normalized spacial score (nSPS) is 12.1. The van der Waals surface area contributed by atoms with E-state index in [4.69, 9.17) is 0 Å². The zero-order chi connectivity index (χ0) is 21.8. The molecule has 0 atom stereocenters. The van der Waals surface area contributed by atoms with Crippen molar-refractivity contribution in [1.82, 2.24) is 0 Å². The third-order valence-corrected chi connectivity index (χ3v) is 6.37. The Balaban J connectivity index is 1.99. The van der Waals surface area contributed by atoms with E-state index in [0.717, 1.165) is 9.79 Å². The van der Waals surface area contributed by atoms with Gasteiger partial charge in [0, 0.05) is 0 Å². The lowest BCUT2D eigenvalue weighted by Crippen LogP contribution is -2.41. The van der Waals surface area contributed by atoms with E-state index in [1.807, 2.05) is 60.7 Å². The third kappa shape index (κ3) is 4.81. The maximum Gasteiger partial charge on any atom is 0.456 e. The molecule has 0 bridgehead atoms. The van der Waals surface area contributed by atoms with Gasteiger partial charge in [0.25, 0.3) is 0 Å². The van der Waals surface area contributed by atoms with Gasteiger partial charge in [-0.3, -0.25) is 0 Å². The van der Waals surface area contributed by atoms with Crippen molar-refractivity contribution in [3.63, 3.8) is 0 Å². The summed E-state index contributed by atoms with van der Waals surface area (Å²) in [6.45, 7) is -2.08. The van der Waals surface area contributed by atoms with Crippen molar-refractivity contribution in [3.05, 3.63) is 90.5 Å². The first-order valence-electron chi connectivity index (χ1n) is 8.76. The fourth-order valence-electron chi connectivity index (χ4n) is 2.63. The Hall–Kier alpha value is -2.87. The molecule has 3 aromatic rings. The van der Waals surface area contributed by atoms with Crippen molar-refractivity contribution in [3.8, 4) is 0 Å². The van der Waals surface area contributed by atoms with Crippen LogP contribution in [0.2, 0.25) is 0 Å². The van der Waals surface area contributed by atoms with Gasteiger partial charge in [0.15, 0.2) is 21.3 Å². The van der Waals surface area contributed by atoms with Gasteiger partial charge in [0.05, 0.1) is 0 Å². The Morgan fingerprint density at radius 2 is 1.20 bits per heavy atom. The molecule has 0 amide bonds. The number of hydrogen-bond donors (Lipinski definition) is 0. The van der Waals surface area contributed by atoms with Gasteiger partial charge in [-0.15, -0.1) is 0 Å². The Kier molecular flexibility index (Phi) is 6.45. The van der Waals surface area contributed by atoms with Gasteiger partial charge in [-0.25, -0.2) is 4.79 Å². The fourth-order valence-corrected chi connectivity index (χ4v) is 4.86. The fraction of sp³-hybridized carbons (Fsp3) is 0.136. The average Bonchev–Trinajstić information content (AvgIpc) is 2.73. The van der Waals surface area contributed by atoms with Crippen molar-refractivity contribution in [2.45, 2.75) is 26.8 Å². The van der Waals surface area contributed by atoms with Crippen LogP contribution in [0, 0.1) is 0 Å². The summed E-state index contributed by atoms with van der Waals surface area (Å²) < 4.78 is 68.0. The first-order valence-corrected chi connectivity index (χ1v) is 9.98.